The number of aryl methyl sites for hydroxylation is 3. The number of pyridine rings is 1. The first kappa shape index (κ1) is 16.8. The van der Waals surface area contributed by atoms with Crippen molar-refractivity contribution >= 4 is 16.9 Å². The number of fused-ring (bicyclic) bond motifs is 1. The van der Waals surface area contributed by atoms with Crippen molar-refractivity contribution in [2.45, 2.75) is 38.6 Å². The van der Waals surface area contributed by atoms with E-state index in [4.69, 9.17) is 0 Å². The molecule has 6 heteroatoms. The molecular formula is C20H25N5O. The van der Waals surface area contributed by atoms with Crippen LogP contribution >= 0.6 is 0 Å². The molecule has 1 aliphatic heterocycles. The molecule has 6 nitrogen and oxygen atoms in total. The van der Waals surface area contributed by atoms with E-state index in [9.17, 15) is 4.79 Å². The number of carbonyl (C=O) groups excluding carboxylic acids is 1. The highest BCUT2D eigenvalue weighted by Gasteiger charge is 2.29. The molecule has 1 aliphatic rings. The van der Waals surface area contributed by atoms with Gasteiger partial charge in [-0.25, -0.2) is 4.98 Å². The molecule has 0 radical (unpaired) electrons. The minimum absolute atomic E-state index is 0.0655. The van der Waals surface area contributed by atoms with Crippen LogP contribution in [0.2, 0.25) is 0 Å². The molecule has 0 unspecified atom stereocenters. The molecule has 3 aromatic heterocycles. The van der Waals surface area contributed by atoms with Crippen LogP contribution in [0.4, 0.5) is 0 Å². The average Bonchev–Trinajstić information content (AvgIpc) is 3.07. The topological polar surface area (TPSA) is 56.0 Å². The summed E-state index contributed by atoms with van der Waals surface area (Å²) in [5, 5.41) is 5.36. The lowest BCUT2D eigenvalue weighted by Crippen LogP contribution is -2.35. The molecule has 136 valence electrons. The largest absolute Gasteiger partial charge is 0.353 e. The summed E-state index contributed by atoms with van der Waals surface area (Å²) >= 11 is 0. The van der Waals surface area contributed by atoms with E-state index >= 15 is 0 Å². The van der Waals surface area contributed by atoms with Crippen LogP contribution in [0, 0.1) is 6.92 Å². The average molecular weight is 351 g/mol. The summed E-state index contributed by atoms with van der Waals surface area (Å²) in [5.74, 6) is 0.0655. The zero-order valence-corrected chi connectivity index (χ0v) is 15.6. The first-order chi connectivity index (χ1) is 12.6. The zero-order chi connectivity index (χ0) is 18.3. The Bertz CT molecular complexity index is 954. The van der Waals surface area contributed by atoms with Crippen LogP contribution in [0.1, 0.15) is 53.5 Å². The molecule has 4 heterocycles. The van der Waals surface area contributed by atoms with Gasteiger partial charge in [-0.15, -0.1) is 0 Å². The van der Waals surface area contributed by atoms with Crippen molar-refractivity contribution in [1.82, 2.24) is 24.2 Å². The van der Waals surface area contributed by atoms with Gasteiger partial charge in [0.15, 0.2) is 5.65 Å². The smallest absolute Gasteiger partial charge is 0.256 e. The van der Waals surface area contributed by atoms with Gasteiger partial charge in [0.25, 0.3) is 5.91 Å². The number of hydrogen-bond acceptors (Lipinski definition) is 3. The Morgan fingerprint density at radius 2 is 2.08 bits per heavy atom. The lowest BCUT2D eigenvalue weighted by atomic mass is 10.1. The highest BCUT2D eigenvalue weighted by molar-refractivity contribution is 5.97. The van der Waals surface area contributed by atoms with E-state index in [1.165, 1.54) is 12.1 Å². The Kier molecular flexibility index (Phi) is 4.26. The summed E-state index contributed by atoms with van der Waals surface area (Å²) in [7, 11) is 3.93. The molecule has 0 aliphatic carbocycles. The Morgan fingerprint density at radius 3 is 2.85 bits per heavy atom. The summed E-state index contributed by atoms with van der Waals surface area (Å²) in [5.41, 5.74) is 3.56. The summed E-state index contributed by atoms with van der Waals surface area (Å²) < 4.78 is 3.89. The highest BCUT2D eigenvalue weighted by atomic mass is 16.2. The van der Waals surface area contributed by atoms with Gasteiger partial charge in [-0.05, 0) is 38.0 Å². The molecule has 1 atom stereocenters. The van der Waals surface area contributed by atoms with Gasteiger partial charge < -0.3 is 9.47 Å². The van der Waals surface area contributed by atoms with E-state index in [2.05, 4.69) is 40.0 Å². The van der Waals surface area contributed by atoms with Crippen molar-refractivity contribution < 1.29 is 4.79 Å². The van der Waals surface area contributed by atoms with E-state index in [0.717, 1.165) is 42.5 Å². The van der Waals surface area contributed by atoms with Gasteiger partial charge in [0.1, 0.15) is 0 Å². The molecular weight excluding hydrogens is 326 g/mol. The van der Waals surface area contributed by atoms with Crippen molar-refractivity contribution in [2.24, 2.45) is 14.1 Å². The first-order valence-corrected chi connectivity index (χ1v) is 9.28. The molecule has 0 N–H and O–H groups in total. The van der Waals surface area contributed by atoms with Crippen molar-refractivity contribution in [1.29, 1.82) is 0 Å². The SMILES string of the molecule is Cc1nn(C)c2ncc(C(=O)N3CCCCC[C@@H]3c3cccn3C)cc12. The fraction of sp³-hybridized carbons (Fsp3) is 0.450. The first-order valence-electron chi connectivity index (χ1n) is 9.28. The van der Waals surface area contributed by atoms with Crippen molar-refractivity contribution in [3.63, 3.8) is 0 Å². The maximum absolute atomic E-state index is 13.4. The van der Waals surface area contributed by atoms with Gasteiger partial charge in [-0.2, -0.15) is 5.10 Å². The number of carbonyl (C=O) groups is 1. The second-order valence-corrected chi connectivity index (χ2v) is 7.21. The van der Waals surface area contributed by atoms with Gasteiger partial charge in [0, 0.05) is 44.1 Å². The Morgan fingerprint density at radius 1 is 1.23 bits per heavy atom. The number of nitrogens with zero attached hydrogens (tertiary/aromatic N) is 5. The molecule has 0 spiro atoms. The van der Waals surface area contributed by atoms with Crippen LogP contribution in [-0.4, -0.2) is 36.7 Å². The maximum atomic E-state index is 13.4. The third-order valence-corrected chi connectivity index (χ3v) is 5.45. The van der Waals surface area contributed by atoms with Gasteiger partial charge in [-0.3, -0.25) is 9.48 Å². The lowest BCUT2D eigenvalue weighted by Gasteiger charge is -2.30. The van der Waals surface area contributed by atoms with Gasteiger partial charge in [-0.1, -0.05) is 12.8 Å². The summed E-state index contributed by atoms with van der Waals surface area (Å²) in [6.45, 7) is 2.75. The summed E-state index contributed by atoms with van der Waals surface area (Å²) in [4.78, 5) is 19.9. The molecule has 0 aromatic carbocycles. The van der Waals surface area contributed by atoms with Crippen LogP contribution in [0.3, 0.4) is 0 Å². The third kappa shape index (κ3) is 2.79. The summed E-state index contributed by atoms with van der Waals surface area (Å²) in [6.07, 6.45) is 8.12. The molecule has 3 aromatic rings. The second-order valence-electron chi connectivity index (χ2n) is 7.21. The molecule has 1 amide bonds. The number of rotatable bonds is 2. The Hall–Kier alpha value is -2.63. The van der Waals surface area contributed by atoms with Crippen molar-refractivity contribution in [3.8, 4) is 0 Å². The number of hydrogen-bond donors (Lipinski definition) is 0. The van der Waals surface area contributed by atoms with E-state index < -0.39 is 0 Å². The Labute approximate surface area is 153 Å². The van der Waals surface area contributed by atoms with Crippen LogP contribution in [0.15, 0.2) is 30.6 Å². The minimum atomic E-state index is 0.0655. The van der Waals surface area contributed by atoms with Crippen LogP contribution in [0.25, 0.3) is 11.0 Å². The third-order valence-electron chi connectivity index (χ3n) is 5.45. The molecule has 1 saturated heterocycles. The fourth-order valence-electron chi connectivity index (χ4n) is 4.07. The standard InChI is InChI=1S/C20H25N5O/c1-14-16-12-15(13-21-19(16)24(3)22-14)20(26)25-11-6-4-5-8-18(25)17-9-7-10-23(17)2/h7,9-10,12-13,18H,4-6,8,11H2,1-3H3/t18-/m1/s1. The minimum Gasteiger partial charge on any atom is -0.353 e. The van der Waals surface area contributed by atoms with Crippen molar-refractivity contribution in [2.75, 3.05) is 6.54 Å². The van der Waals surface area contributed by atoms with Gasteiger partial charge >= 0.3 is 0 Å². The van der Waals surface area contributed by atoms with E-state index in [1.807, 2.05) is 24.9 Å². The quantitative estimate of drug-likeness (QED) is 0.711. The summed E-state index contributed by atoms with van der Waals surface area (Å²) in [6, 6.07) is 6.24. The Balaban J connectivity index is 1.72. The fourth-order valence-corrected chi connectivity index (χ4v) is 4.07. The number of likely N-dealkylation sites (tertiary alicyclic amines) is 1. The number of amides is 1. The van der Waals surface area contributed by atoms with E-state index in [1.54, 1.807) is 10.9 Å². The monoisotopic (exact) mass is 351 g/mol. The molecule has 0 saturated carbocycles. The normalized spacial score (nSPS) is 18.3. The van der Waals surface area contributed by atoms with Crippen LogP contribution in [0.5, 0.6) is 0 Å². The van der Waals surface area contributed by atoms with Crippen LogP contribution < -0.4 is 0 Å². The zero-order valence-electron chi connectivity index (χ0n) is 15.6. The molecule has 26 heavy (non-hydrogen) atoms. The number of aromatic nitrogens is 4. The molecule has 0 bridgehead atoms. The predicted octanol–water partition coefficient (Wildman–Crippen LogP) is 3.37. The van der Waals surface area contributed by atoms with Crippen LogP contribution in [-0.2, 0) is 14.1 Å². The molecule has 4 rings (SSSR count). The van der Waals surface area contributed by atoms with Gasteiger partial charge in [0.2, 0.25) is 0 Å². The van der Waals surface area contributed by atoms with Crippen molar-refractivity contribution in [3.05, 3.63) is 47.5 Å². The van der Waals surface area contributed by atoms with E-state index in [-0.39, 0.29) is 11.9 Å². The maximum Gasteiger partial charge on any atom is 0.256 e. The lowest BCUT2D eigenvalue weighted by molar-refractivity contribution is 0.0674. The highest BCUT2D eigenvalue weighted by Crippen LogP contribution is 2.31. The molecule has 1 fully saturated rings. The van der Waals surface area contributed by atoms with E-state index in [0.29, 0.717) is 5.56 Å². The second kappa shape index (κ2) is 6.59. The predicted molar refractivity (Wildman–Crippen MR) is 101 cm³/mol. The van der Waals surface area contributed by atoms with Gasteiger partial charge in [0.05, 0.1) is 17.3 Å².